The van der Waals surface area contributed by atoms with Crippen LogP contribution >= 0.6 is 11.8 Å². The molecule has 16 heavy (non-hydrogen) atoms. The highest BCUT2D eigenvalue weighted by Gasteiger charge is 2.04. The summed E-state index contributed by atoms with van der Waals surface area (Å²) in [6.45, 7) is 0. The third-order valence-corrected chi connectivity index (χ3v) is 2.49. The van der Waals surface area contributed by atoms with E-state index in [0.717, 1.165) is 11.1 Å². The van der Waals surface area contributed by atoms with Crippen molar-refractivity contribution in [3.05, 3.63) is 60.2 Å². The molecule has 3 heteroatoms. The maximum absolute atomic E-state index is 11.4. The SMILES string of the molecule is O=C(NCl)c1cccc(-c2ccccc2)c1. The molecule has 80 valence electrons. The van der Waals surface area contributed by atoms with Gasteiger partial charge in [0.1, 0.15) is 0 Å². The lowest BCUT2D eigenvalue weighted by Crippen LogP contribution is -2.12. The average Bonchev–Trinajstić information content (AvgIpc) is 2.39. The molecule has 0 saturated heterocycles. The van der Waals surface area contributed by atoms with E-state index in [1.165, 1.54) is 0 Å². The summed E-state index contributed by atoms with van der Waals surface area (Å²) in [7, 11) is 0. The predicted octanol–water partition coefficient (Wildman–Crippen LogP) is 3.24. The lowest BCUT2D eigenvalue weighted by Gasteiger charge is -2.03. The molecule has 0 aliphatic rings. The molecule has 0 unspecified atom stereocenters. The standard InChI is InChI=1S/C13H10ClNO/c14-15-13(16)12-8-4-7-11(9-12)10-5-2-1-3-6-10/h1-9H,(H,15,16). The van der Waals surface area contributed by atoms with Crippen molar-refractivity contribution in [1.82, 2.24) is 4.84 Å². The number of carbonyl (C=O) groups is 1. The van der Waals surface area contributed by atoms with Crippen molar-refractivity contribution in [3.8, 4) is 11.1 Å². The van der Waals surface area contributed by atoms with Crippen molar-refractivity contribution < 1.29 is 4.79 Å². The van der Waals surface area contributed by atoms with Crippen LogP contribution in [0.2, 0.25) is 0 Å². The Morgan fingerprint density at radius 1 is 0.938 bits per heavy atom. The second-order valence-corrected chi connectivity index (χ2v) is 3.56. The molecule has 0 spiro atoms. The van der Waals surface area contributed by atoms with Gasteiger partial charge in [-0.2, -0.15) is 0 Å². The topological polar surface area (TPSA) is 29.1 Å². The van der Waals surface area contributed by atoms with Crippen molar-refractivity contribution >= 4 is 17.7 Å². The number of hydrogen-bond acceptors (Lipinski definition) is 1. The van der Waals surface area contributed by atoms with Gasteiger partial charge in [0.25, 0.3) is 5.91 Å². The molecule has 2 nitrogen and oxygen atoms in total. The van der Waals surface area contributed by atoms with E-state index in [1.54, 1.807) is 6.07 Å². The minimum atomic E-state index is -0.292. The summed E-state index contributed by atoms with van der Waals surface area (Å²) in [5.74, 6) is -0.292. The molecule has 0 aliphatic heterocycles. The molecule has 0 aromatic heterocycles. The van der Waals surface area contributed by atoms with Gasteiger partial charge in [-0.3, -0.25) is 9.63 Å². The molecule has 0 fully saturated rings. The summed E-state index contributed by atoms with van der Waals surface area (Å²) >= 11 is 5.29. The zero-order valence-electron chi connectivity index (χ0n) is 8.48. The number of hydrogen-bond donors (Lipinski definition) is 1. The zero-order valence-corrected chi connectivity index (χ0v) is 9.24. The predicted molar refractivity (Wildman–Crippen MR) is 65.2 cm³/mol. The first kappa shape index (κ1) is 10.7. The van der Waals surface area contributed by atoms with Gasteiger partial charge >= 0.3 is 0 Å². The average molecular weight is 232 g/mol. The van der Waals surface area contributed by atoms with Crippen LogP contribution in [0, 0.1) is 0 Å². The van der Waals surface area contributed by atoms with Crippen LogP contribution in [0.1, 0.15) is 10.4 Å². The fourth-order valence-corrected chi connectivity index (χ4v) is 1.63. The molecule has 0 heterocycles. The van der Waals surface area contributed by atoms with Crippen LogP contribution in [0.4, 0.5) is 0 Å². The van der Waals surface area contributed by atoms with Crippen molar-refractivity contribution in [2.75, 3.05) is 0 Å². The summed E-state index contributed by atoms with van der Waals surface area (Å²) < 4.78 is 0. The third-order valence-electron chi connectivity index (χ3n) is 2.32. The molecule has 2 aromatic carbocycles. The zero-order chi connectivity index (χ0) is 11.4. The van der Waals surface area contributed by atoms with Gasteiger partial charge in [0.15, 0.2) is 0 Å². The van der Waals surface area contributed by atoms with Crippen LogP contribution in [0.3, 0.4) is 0 Å². The van der Waals surface area contributed by atoms with Gasteiger partial charge in [-0.1, -0.05) is 42.5 Å². The van der Waals surface area contributed by atoms with Crippen molar-refractivity contribution in [3.63, 3.8) is 0 Å². The smallest absolute Gasteiger partial charge is 0.265 e. The van der Waals surface area contributed by atoms with E-state index < -0.39 is 0 Å². The Balaban J connectivity index is 2.40. The summed E-state index contributed by atoms with van der Waals surface area (Å²) in [5, 5.41) is 0. The molecular weight excluding hydrogens is 222 g/mol. The minimum absolute atomic E-state index is 0.292. The lowest BCUT2D eigenvalue weighted by atomic mass is 10.0. The molecule has 1 amide bonds. The molecular formula is C13H10ClNO. The maximum Gasteiger partial charge on any atom is 0.265 e. The molecule has 0 aliphatic carbocycles. The van der Waals surface area contributed by atoms with Crippen molar-refractivity contribution in [1.29, 1.82) is 0 Å². The minimum Gasteiger partial charge on any atom is -0.268 e. The summed E-state index contributed by atoms with van der Waals surface area (Å²) in [4.78, 5) is 13.4. The Morgan fingerprint density at radius 3 is 2.31 bits per heavy atom. The Bertz CT molecular complexity index is 496. The van der Waals surface area contributed by atoms with Gasteiger partial charge in [0.2, 0.25) is 0 Å². The van der Waals surface area contributed by atoms with Crippen LogP contribution in [-0.4, -0.2) is 5.91 Å². The van der Waals surface area contributed by atoms with E-state index in [4.69, 9.17) is 11.8 Å². The first-order valence-electron chi connectivity index (χ1n) is 4.88. The molecule has 0 saturated carbocycles. The Kier molecular flexibility index (Phi) is 3.22. The number of rotatable bonds is 2. The monoisotopic (exact) mass is 231 g/mol. The van der Waals surface area contributed by atoms with Gasteiger partial charge in [-0.15, -0.1) is 0 Å². The molecule has 0 atom stereocenters. The van der Waals surface area contributed by atoms with Crippen LogP contribution < -0.4 is 4.84 Å². The summed E-state index contributed by atoms with van der Waals surface area (Å²) in [6.07, 6.45) is 0. The number of carbonyl (C=O) groups excluding carboxylic acids is 1. The highest BCUT2D eigenvalue weighted by Crippen LogP contribution is 2.19. The molecule has 0 radical (unpaired) electrons. The van der Waals surface area contributed by atoms with E-state index >= 15 is 0 Å². The summed E-state index contributed by atoms with van der Waals surface area (Å²) in [5.41, 5.74) is 2.63. The van der Waals surface area contributed by atoms with E-state index in [1.807, 2.05) is 48.5 Å². The lowest BCUT2D eigenvalue weighted by molar-refractivity contribution is 0.0982. The van der Waals surface area contributed by atoms with Gasteiger partial charge in [-0.25, -0.2) is 0 Å². The summed E-state index contributed by atoms with van der Waals surface area (Å²) in [6, 6.07) is 17.2. The highest BCUT2D eigenvalue weighted by atomic mass is 35.5. The molecule has 1 N–H and O–H groups in total. The van der Waals surface area contributed by atoms with E-state index in [0.29, 0.717) is 5.56 Å². The second-order valence-electron chi connectivity index (χ2n) is 3.37. The normalized spacial score (nSPS) is 9.81. The van der Waals surface area contributed by atoms with E-state index in [2.05, 4.69) is 4.84 Å². The van der Waals surface area contributed by atoms with Crippen LogP contribution in [0.5, 0.6) is 0 Å². The Hall–Kier alpha value is -1.80. The van der Waals surface area contributed by atoms with E-state index in [9.17, 15) is 4.79 Å². The van der Waals surface area contributed by atoms with Gasteiger partial charge in [0, 0.05) is 17.3 Å². The number of nitrogens with one attached hydrogen (secondary N) is 1. The van der Waals surface area contributed by atoms with Gasteiger partial charge in [-0.05, 0) is 23.3 Å². The number of benzene rings is 2. The third kappa shape index (κ3) is 2.23. The first-order chi connectivity index (χ1) is 7.81. The van der Waals surface area contributed by atoms with Gasteiger partial charge in [0.05, 0.1) is 0 Å². The number of amides is 1. The fraction of sp³-hybridized carbons (Fsp3) is 0. The van der Waals surface area contributed by atoms with Crippen molar-refractivity contribution in [2.45, 2.75) is 0 Å². The van der Waals surface area contributed by atoms with Gasteiger partial charge < -0.3 is 0 Å². The molecule has 2 aromatic rings. The first-order valence-corrected chi connectivity index (χ1v) is 5.25. The van der Waals surface area contributed by atoms with E-state index in [-0.39, 0.29) is 5.91 Å². The Morgan fingerprint density at radius 2 is 1.62 bits per heavy atom. The highest BCUT2D eigenvalue weighted by molar-refractivity contribution is 6.24. The maximum atomic E-state index is 11.4. The quantitative estimate of drug-likeness (QED) is 0.790. The molecule has 0 bridgehead atoms. The number of halogens is 1. The molecule has 2 rings (SSSR count). The van der Waals surface area contributed by atoms with Crippen LogP contribution in [0.25, 0.3) is 11.1 Å². The second kappa shape index (κ2) is 4.81. The Labute approximate surface area is 99.0 Å². The van der Waals surface area contributed by atoms with Crippen LogP contribution in [-0.2, 0) is 0 Å². The largest absolute Gasteiger partial charge is 0.268 e. The van der Waals surface area contributed by atoms with Crippen molar-refractivity contribution in [2.24, 2.45) is 0 Å². The van der Waals surface area contributed by atoms with Crippen LogP contribution in [0.15, 0.2) is 54.6 Å². The fourth-order valence-electron chi connectivity index (χ4n) is 1.53.